The highest BCUT2D eigenvalue weighted by Crippen LogP contribution is 2.24. The predicted molar refractivity (Wildman–Crippen MR) is 99.3 cm³/mol. The number of hydrogen-bond donors (Lipinski definition) is 1. The minimum atomic E-state index is 0.236. The summed E-state index contributed by atoms with van der Waals surface area (Å²) >= 11 is 1.71. The molecule has 5 heteroatoms. The Morgan fingerprint density at radius 2 is 2.08 bits per heavy atom. The zero-order valence-electron chi connectivity index (χ0n) is 14.2. The van der Waals surface area contributed by atoms with Crippen LogP contribution in [-0.2, 0) is 16.9 Å². The average Bonchev–Trinajstić information content (AvgIpc) is 3.03. The van der Waals surface area contributed by atoms with Gasteiger partial charge in [-0.05, 0) is 30.2 Å². The van der Waals surface area contributed by atoms with Crippen LogP contribution in [0.1, 0.15) is 31.0 Å². The van der Waals surface area contributed by atoms with Gasteiger partial charge >= 0.3 is 0 Å². The first-order valence-corrected chi connectivity index (χ1v) is 9.31. The minimum Gasteiger partial charge on any atom is -0.381 e. The molecule has 0 spiro atoms. The number of thioether (sulfide) groups is 1. The highest BCUT2D eigenvalue weighted by molar-refractivity contribution is 7.98. The third-order valence-corrected chi connectivity index (χ3v) is 5.00. The number of aromatic amines is 1. The average molecular weight is 341 g/mol. The van der Waals surface area contributed by atoms with Crippen LogP contribution in [-0.4, -0.2) is 28.2 Å². The number of pyridine rings is 1. The SMILES string of the molecule is CCCC(Cc1ncccc1CSc1nc2ccccc2[nH]1)OC. The molecule has 1 aromatic carbocycles. The van der Waals surface area contributed by atoms with E-state index in [0.29, 0.717) is 0 Å². The van der Waals surface area contributed by atoms with Crippen LogP contribution >= 0.6 is 11.8 Å². The molecular weight excluding hydrogens is 318 g/mol. The van der Waals surface area contributed by atoms with Gasteiger partial charge in [0.05, 0.1) is 17.1 Å². The fourth-order valence-corrected chi connectivity index (χ4v) is 3.67. The molecule has 0 fully saturated rings. The molecule has 0 aliphatic carbocycles. The molecule has 24 heavy (non-hydrogen) atoms. The van der Waals surface area contributed by atoms with Gasteiger partial charge in [-0.15, -0.1) is 0 Å². The second-order valence-corrected chi connectivity index (χ2v) is 6.77. The van der Waals surface area contributed by atoms with Crippen molar-refractivity contribution in [2.45, 2.75) is 43.2 Å². The second-order valence-electron chi connectivity index (χ2n) is 5.81. The van der Waals surface area contributed by atoms with Crippen molar-refractivity contribution in [3.8, 4) is 0 Å². The van der Waals surface area contributed by atoms with E-state index in [-0.39, 0.29) is 6.10 Å². The summed E-state index contributed by atoms with van der Waals surface area (Å²) in [6.07, 6.45) is 5.14. The van der Waals surface area contributed by atoms with Gasteiger partial charge in [-0.3, -0.25) is 4.98 Å². The third-order valence-electron chi connectivity index (χ3n) is 4.08. The molecule has 0 amide bonds. The van der Waals surface area contributed by atoms with E-state index in [1.165, 1.54) is 5.56 Å². The fraction of sp³-hybridized carbons (Fsp3) is 0.368. The van der Waals surface area contributed by atoms with Gasteiger partial charge in [0.2, 0.25) is 0 Å². The molecule has 126 valence electrons. The summed E-state index contributed by atoms with van der Waals surface area (Å²) in [4.78, 5) is 12.6. The van der Waals surface area contributed by atoms with E-state index in [2.05, 4.69) is 34.0 Å². The first-order chi connectivity index (χ1) is 11.8. The summed E-state index contributed by atoms with van der Waals surface area (Å²) in [5, 5.41) is 0.947. The van der Waals surface area contributed by atoms with Crippen LogP contribution in [0.4, 0.5) is 0 Å². The molecule has 0 aliphatic rings. The topological polar surface area (TPSA) is 50.8 Å². The second kappa shape index (κ2) is 8.31. The highest BCUT2D eigenvalue weighted by Gasteiger charge is 2.12. The van der Waals surface area contributed by atoms with E-state index in [9.17, 15) is 0 Å². The van der Waals surface area contributed by atoms with Crippen molar-refractivity contribution in [1.82, 2.24) is 15.0 Å². The fourth-order valence-electron chi connectivity index (χ4n) is 2.77. The number of aromatic nitrogens is 3. The lowest BCUT2D eigenvalue weighted by molar-refractivity contribution is 0.0940. The maximum atomic E-state index is 5.59. The molecule has 0 bridgehead atoms. The Balaban J connectivity index is 1.70. The van der Waals surface area contributed by atoms with Crippen LogP contribution in [0.25, 0.3) is 11.0 Å². The molecule has 1 N–H and O–H groups in total. The molecule has 0 saturated heterocycles. The van der Waals surface area contributed by atoms with Crippen LogP contribution in [0.5, 0.6) is 0 Å². The minimum absolute atomic E-state index is 0.236. The van der Waals surface area contributed by atoms with Crippen molar-refractivity contribution in [2.75, 3.05) is 7.11 Å². The maximum Gasteiger partial charge on any atom is 0.166 e. The van der Waals surface area contributed by atoms with Gasteiger partial charge in [-0.2, -0.15) is 0 Å². The van der Waals surface area contributed by atoms with Gasteiger partial charge in [0.25, 0.3) is 0 Å². The maximum absolute atomic E-state index is 5.59. The molecule has 4 nitrogen and oxygen atoms in total. The van der Waals surface area contributed by atoms with Gasteiger partial charge in [-0.25, -0.2) is 4.98 Å². The van der Waals surface area contributed by atoms with E-state index in [4.69, 9.17) is 4.74 Å². The lowest BCUT2D eigenvalue weighted by Gasteiger charge is -2.15. The van der Waals surface area contributed by atoms with Gasteiger partial charge in [-0.1, -0.05) is 43.3 Å². The zero-order chi connectivity index (χ0) is 16.8. The lowest BCUT2D eigenvalue weighted by Crippen LogP contribution is -2.15. The Labute approximate surface area is 147 Å². The standard InChI is InChI=1S/C19H23N3OS/c1-3-7-15(23-2)12-18-14(8-6-11-20-18)13-24-19-21-16-9-4-5-10-17(16)22-19/h4-6,8-11,15H,3,7,12-13H2,1-2H3,(H,21,22). The number of benzene rings is 1. The van der Waals surface area contributed by atoms with Gasteiger partial charge < -0.3 is 9.72 Å². The zero-order valence-corrected chi connectivity index (χ0v) is 15.0. The molecular formula is C19H23N3OS. The van der Waals surface area contributed by atoms with Crippen LogP contribution in [0, 0.1) is 0 Å². The monoisotopic (exact) mass is 341 g/mol. The van der Waals surface area contributed by atoms with Gasteiger partial charge in [0.1, 0.15) is 0 Å². The summed E-state index contributed by atoms with van der Waals surface area (Å²) in [6, 6.07) is 12.3. The first-order valence-electron chi connectivity index (χ1n) is 8.33. The van der Waals surface area contributed by atoms with Gasteiger partial charge in [0.15, 0.2) is 5.16 Å². The summed E-state index contributed by atoms with van der Waals surface area (Å²) in [5.41, 5.74) is 4.46. The Kier molecular flexibility index (Phi) is 5.88. The molecule has 1 unspecified atom stereocenters. The molecule has 3 rings (SSSR count). The third kappa shape index (κ3) is 4.16. The van der Waals surface area contributed by atoms with Crippen molar-refractivity contribution in [3.63, 3.8) is 0 Å². The number of para-hydroxylation sites is 2. The van der Waals surface area contributed by atoms with Crippen molar-refractivity contribution in [2.24, 2.45) is 0 Å². The number of H-pyrrole nitrogens is 1. The number of hydrogen-bond acceptors (Lipinski definition) is 4. The van der Waals surface area contributed by atoms with E-state index in [1.54, 1.807) is 18.9 Å². The Morgan fingerprint density at radius 3 is 2.88 bits per heavy atom. The van der Waals surface area contributed by atoms with Crippen molar-refractivity contribution in [3.05, 3.63) is 53.9 Å². The Hall–Kier alpha value is -1.85. The van der Waals surface area contributed by atoms with Crippen LogP contribution in [0.3, 0.4) is 0 Å². The highest BCUT2D eigenvalue weighted by atomic mass is 32.2. The van der Waals surface area contributed by atoms with Crippen molar-refractivity contribution >= 4 is 22.8 Å². The largest absolute Gasteiger partial charge is 0.381 e. The smallest absolute Gasteiger partial charge is 0.166 e. The molecule has 3 aromatic rings. The molecule has 2 heterocycles. The quantitative estimate of drug-likeness (QED) is 0.608. The van der Waals surface area contributed by atoms with Crippen molar-refractivity contribution in [1.29, 1.82) is 0 Å². The molecule has 2 aromatic heterocycles. The van der Waals surface area contributed by atoms with Crippen LogP contribution in [0.15, 0.2) is 47.8 Å². The molecule has 0 radical (unpaired) electrons. The molecule has 0 aliphatic heterocycles. The molecule has 0 saturated carbocycles. The number of rotatable bonds is 8. The van der Waals surface area contributed by atoms with Crippen molar-refractivity contribution < 1.29 is 4.74 Å². The predicted octanol–water partition coefficient (Wildman–Crippen LogP) is 4.61. The number of nitrogens with one attached hydrogen (secondary N) is 1. The van der Waals surface area contributed by atoms with E-state index < -0.39 is 0 Å². The summed E-state index contributed by atoms with van der Waals surface area (Å²) in [6.45, 7) is 2.18. The van der Waals surface area contributed by atoms with Gasteiger partial charge in [0, 0.05) is 31.2 Å². The Bertz CT molecular complexity index is 754. The Morgan fingerprint density at radius 1 is 1.21 bits per heavy atom. The van der Waals surface area contributed by atoms with E-state index in [1.807, 2.05) is 30.5 Å². The van der Waals surface area contributed by atoms with E-state index >= 15 is 0 Å². The number of imidazole rings is 1. The summed E-state index contributed by atoms with van der Waals surface area (Å²) in [5.74, 6) is 0.853. The number of fused-ring (bicyclic) bond motifs is 1. The normalized spacial score (nSPS) is 12.6. The summed E-state index contributed by atoms with van der Waals surface area (Å²) < 4.78 is 5.59. The number of ether oxygens (including phenoxy) is 1. The van der Waals surface area contributed by atoms with Crippen LogP contribution in [0.2, 0.25) is 0 Å². The first kappa shape index (κ1) is 17.0. The van der Waals surface area contributed by atoms with Crippen LogP contribution < -0.4 is 0 Å². The lowest BCUT2D eigenvalue weighted by atomic mass is 10.1. The number of nitrogens with zero attached hydrogens (tertiary/aromatic N) is 2. The molecule has 1 atom stereocenters. The van der Waals surface area contributed by atoms with E-state index in [0.717, 1.165) is 46.9 Å². The summed E-state index contributed by atoms with van der Waals surface area (Å²) in [7, 11) is 1.78. The number of methoxy groups -OCH3 is 1.